The van der Waals surface area contributed by atoms with Crippen LogP contribution in [0.1, 0.15) is 18.4 Å². The van der Waals surface area contributed by atoms with Gasteiger partial charge in [-0.05, 0) is 18.4 Å². The maximum Gasteiger partial charge on any atom is 0.304 e. The second-order valence-electron chi connectivity index (χ2n) is 6.04. The maximum absolute atomic E-state index is 11.4. The molecule has 1 N–H and O–H groups in total. The lowest BCUT2D eigenvalue weighted by Crippen LogP contribution is -2.39. The lowest BCUT2D eigenvalue weighted by Gasteiger charge is -2.32. The molecule has 0 bridgehead atoms. The first kappa shape index (κ1) is 16.2. The van der Waals surface area contributed by atoms with E-state index in [4.69, 9.17) is 0 Å². The average Bonchev–Trinajstić information content (AvgIpc) is 2.57. The highest BCUT2D eigenvalue weighted by atomic mass is 16.6. The van der Waals surface area contributed by atoms with Crippen molar-refractivity contribution >= 4 is 11.4 Å². The van der Waals surface area contributed by atoms with Crippen LogP contribution in [-0.4, -0.2) is 29.0 Å². The summed E-state index contributed by atoms with van der Waals surface area (Å²) >= 11 is 0. The van der Waals surface area contributed by atoms with Gasteiger partial charge < -0.3 is 10.5 Å². The number of hydrogen-bond acceptors (Lipinski definition) is 5. The van der Waals surface area contributed by atoms with Gasteiger partial charge in [0.2, 0.25) is 6.20 Å². The van der Waals surface area contributed by atoms with E-state index in [1.165, 1.54) is 17.8 Å². The Balaban J connectivity index is 1.58. The summed E-state index contributed by atoms with van der Waals surface area (Å²) in [5.74, 6) is 0. The molecule has 0 atom stereocenters. The highest BCUT2D eigenvalue weighted by molar-refractivity contribution is 5.58. The van der Waals surface area contributed by atoms with E-state index in [1.54, 1.807) is 0 Å². The smallest absolute Gasteiger partial charge is 0.304 e. The minimum absolute atomic E-state index is 0.0613. The minimum Gasteiger partial charge on any atom is -0.619 e. The molecule has 0 radical (unpaired) electrons. The van der Waals surface area contributed by atoms with Gasteiger partial charge in [0.05, 0.1) is 11.0 Å². The number of anilines is 1. The summed E-state index contributed by atoms with van der Waals surface area (Å²) in [6, 6.07) is 11.7. The molecule has 1 aliphatic heterocycles. The fourth-order valence-electron chi connectivity index (χ4n) is 3.04. The van der Waals surface area contributed by atoms with E-state index in [1.807, 2.05) is 18.2 Å². The van der Waals surface area contributed by atoms with Gasteiger partial charge in [-0.1, -0.05) is 30.3 Å². The van der Waals surface area contributed by atoms with Crippen molar-refractivity contribution < 1.29 is 9.65 Å². The number of hydrogen-bond donors (Lipinski definition) is 1. The molecule has 1 aromatic carbocycles. The number of nitrogens with one attached hydrogen (secondary N) is 1. The molecule has 1 aromatic heterocycles. The molecule has 2 aromatic rings. The number of rotatable bonds is 5. The van der Waals surface area contributed by atoms with E-state index >= 15 is 0 Å². The highest BCUT2D eigenvalue weighted by Crippen LogP contribution is 2.25. The Bertz CT molecular complexity index is 700. The summed E-state index contributed by atoms with van der Waals surface area (Å²) in [7, 11) is 0. The monoisotopic (exact) mass is 328 g/mol. The molecule has 126 valence electrons. The second-order valence-corrected chi connectivity index (χ2v) is 6.04. The number of pyridine rings is 1. The molecule has 0 spiro atoms. The molecule has 7 heteroatoms. The summed E-state index contributed by atoms with van der Waals surface area (Å²) in [5, 5.41) is 25.7. The van der Waals surface area contributed by atoms with Crippen LogP contribution in [0, 0.1) is 15.3 Å². The fourth-order valence-corrected chi connectivity index (χ4v) is 3.04. The van der Waals surface area contributed by atoms with Crippen molar-refractivity contribution in [3.8, 4) is 0 Å². The van der Waals surface area contributed by atoms with Crippen molar-refractivity contribution in [1.29, 1.82) is 0 Å². The standard InChI is InChI=1S/C17H20N4O3/c22-20-11-8-17(21(23)24)16(13-20)18-15-6-9-19(10-7-15)12-14-4-2-1-3-5-14/h1-5,8,11,13,15,18H,6-7,9-10,12H2. The summed E-state index contributed by atoms with van der Waals surface area (Å²) in [5.41, 5.74) is 1.52. The van der Waals surface area contributed by atoms with Crippen LogP contribution >= 0.6 is 0 Å². The van der Waals surface area contributed by atoms with Gasteiger partial charge in [0.25, 0.3) is 0 Å². The quantitative estimate of drug-likeness (QED) is 0.394. The predicted octanol–water partition coefficient (Wildman–Crippen LogP) is 2.30. The Hall–Kier alpha value is -2.67. The third-order valence-electron chi connectivity index (χ3n) is 4.30. The lowest BCUT2D eigenvalue weighted by molar-refractivity contribution is -0.605. The van der Waals surface area contributed by atoms with Gasteiger partial charge in [0, 0.05) is 25.7 Å². The third-order valence-corrected chi connectivity index (χ3v) is 4.30. The number of nitro groups is 1. The summed E-state index contributed by atoms with van der Waals surface area (Å²) in [6.45, 7) is 2.76. The third kappa shape index (κ3) is 3.99. The van der Waals surface area contributed by atoms with Gasteiger partial charge in [-0.2, -0.15) is 4.73 Å². The van der Waals surface area contributed by atoms with Gasteiger partial charge in [0.1, 0.15) is 0 Å². The van der Waals surface area contributed by atoms with Gasteiger partial charge in [-0.25, -0.2) is 0 Å². The minimum atomic E-state index is -0.465. The number of nitrogens with zero attached hydrogens (tertiary/aromatic N) is 3. The molecular formula is C17H20N4O3. The predicted molar refractivity (Wildman–Crippen MR) is 90.4 cm³/mol. The lowest BCUT2D eigenvalue weighted by atomic mass is 10.0. The zero-order valence-corrected chi connectivity index (χ0v) is 13.3. The first-order valence-corrected chi connectivity index (χ1v) is 8.02. The molecule has 0 unspecified atom stereocenters. The SMILES string of the molecule is O=[N+]([O-])c1cc[n+]([O-])cc1NC1CCN(Cc2ccccc2)CC1. The van der Waals surface area contributed by atoms with Crippen molar-refractivity contribution in [1.82, 2.24) is 4.90 Å². The van der Waals surface area contributed by atoms with E-state index in [9.17, 15) is 15.3 Å². The van der Waals surface area contributed by atoms with E-state index in [0.717, 1.165) is 38.7 Å². The molecule has 24 heavy (non-hydrogen) atoms. The van der Waals surface area contributed by atoms with E-state index in [2.05, 4.69) is 22.3 Å². The van der Waals surface area contributed by atoms with Crippen LogP contribution < -0.4 is 10.0 Å². The topological polar surface area (TPSA) is 85.3 Å². The summed E-state index contributed by atoms with van der Waals surface area (Å²) in [6.07, 6.45) is 4.15. The van der Waals surface area contributed by atoms with E-state index < -0.39 is 4.92 Å². The van der Waals surface area contributed by atoms with E-state index in [-0.39, 0.29) is 11.7 Å². The first-order valence-electron chi connectivity index (χ1n) is 8.02. The first-order chi connectivity index (χ1) is 11.6. The summed E-state index contributed by atoms with van der Waals surface area (Å²) < 4.78 is 0.583. The summed E-state index contributed by atoms with van der Waals surface area (Å²) in [4.78, 5) is 13.0. The normalized spacial score (nSPS) is 16.0. The molecule has 0 aliphatic carbocycles. The van der Waals surface area contributed by atoms with Gasteiger partial charge in [-0.15, -0.1) is 0 Å². The van der Waals surface area contributed by atoms with Crippen LogP contribution in [0.2, 0.25) is 0 Å². The molecule has 3 rings (SSSR count). The fraction of sp³-hybridized carbons (Fsp3) is 0.353. The molecule has 0 amide bonds. The largest absolute Gasteiger partial charge is 0.619 e. The zero-order valence-electron chi connectivity index (χ0n) is 13.3. The molecule has 2 heterocycles. The highest BCUT2D eigenvalue weighted by Gasteiger charge is 2.23. The number of piperidine rings is 1. The number of likely N-dealkylation sites (tertiary alicyclic amines) is 1. The second kappa shape index (κ2) is 7.27. The van der Waals surface area contributed by atoms with Crippen LogP contribution in [0.25, 0.3) is 0 Å². The van der Waals surface area contributed by atoms with Crippen LogP contribution in [-0.2, 0) is 6.54 Å². The van der Waals surface area contributed by atoms with Gasteiger partial charge in [-0.3, -0.25) is 15.0 Å². The van der Waals surface area contributed by atoms with E-state index in [0.29, 0.717) is 10.4 Å². The average molecular weight is 328 g/mol. The molecule has 7 nitrogen and oxygen atoms in total. The Morgan fingerprint density at radius 3 is 2.58 bits per heavy atom. The zero-order chi connectivity index (χ0) is 16.9. The van der Waals surface area contributed by atoms with Crippen molar-refractivity contribution in [3.05, 3.63) is 69.7 Å². The molecule has 1 saturated heterocycles. The molecule has 1 fully saturated rings. The Morgan fingerprint density at radius 2 is 1.92 bits per heavy atom. The van der Waals surface area contributed by atoms with Gasteiger partial charge >= 0.3 is 5.69 Å². The Kier molecular flexibility index (Phi) is 4.90. The van der Waals surface area contributed by atoms with Crippen molar-refractivity contribution in [2.45, 2.75) is 25.4 Å². The van der Waals surface area contributed by atoms with Crippen molar-refractivity contribution in [2.75, 3.05) is 18.4 Å². The number of aromatic nitrogens is 1. The van der Waals surface area contributed by atoms with Crippen LogP contribution in [0.3, 0.4) is 0 Å². The Morgan fingerprint density at radius 1 is 1.21 bits per heavy atom. The maximum atomic E-state index is 11.4. The van der Waals surface area contributed by atoms with Crippen LogP contribution in [0.4, 0.5) is 11.4 Å². The Labute approximate surface area is 140 Å². The molecular weight excluding hydrogens is 308 g/mol. The van der Waals surface area contributed by atoms with Gasteiger partial charge in [0.15, 0.2) is 11.9 Å². The van der Waals surface area contributed by atoms with Crippen molar-refractivity contribution in [2.24, 2.45) is 0 Å². The number of benzene rings is 1. The molecule has 1 aliphatic rings. The van der Waals surface area contributed by atoms with Crippen LogP contribution in [0.5, 0.6) is 0 Å². The van der Waals surface area contributed by atoms with Crippen molar-refractivity contribution in [3.63, 3.8) is 0 Å². The molecule has 0 saturated carbocycles. The van der Waals surface area contributed by atoms with Crippen LogP contribution in [0.15, 0.2) is 48.8 Å².